The Kier molecular flexibility index (Phi) is 4.90. The Morgan fingerprint density at radius 2 is 1.96 bits per heavy atom. The van der Waals surface area contributed by atoms with E-state index in [4.69, 9.17) is 4.74 Å². The van der Waals surface area contributed by atoms with Crippen LogP contribution in [0.25, 0.3) is 10.9 Å². The van der Waals surface area contributed by atoms with Crippen LogP contribution in [0.15, 0.2) is 59.6 Å². The number of nitrogens with zero attached hydrogens (tertiary/aromatic N) is 1. The number of rotatable bonds is 3. The number of hydrogen-bond donors (Lipinski definition) is 1. The van der Waals surface area contributed by atoms with Crippen molar-refractivity contribution in [2.75, 3.05) is 18.1 Å². The number of nitrogens with one attached hydrogen (secondary N) is 1. The van der Waals surface area contributed by atoms with E-state index in [1.54, 1.807) is 22.9 Å². The van der Waals surface area contributed by atoms with Crippen molar-refractivity contribution in [3.63, 3.8) is 0 Å². The molecule has 1 N–H and O–H groups in total. The molecule has 3 aromatic rings. The second-order valence-electron chi connectivity index (χ2n) is 6.55. The molecule has 1 aromatic heterocycles. The van der Waals surface area contributed by atoms with Crippen molar-refractivity contribution in [2.24, 2.45) is 0 Å². The molecule has 1 amide bonds. The van der Waals surface area contributed by atoms with Crippen LogP contribution in [0.1, 0.15) is 23.7 Å². The molecular formula is C21H20N2O3S. The van der Waals surface area contributed by atoms with Crippen molar-refractivity contribution in [3.05, 3.63) is 60.3 Å². The van der Waals surface area contributed by atoms with E-state index >= 15 is 0 Å². The molecule has 0 spiro atoms. The Morgan fingerprint density at radius 3 is 2.85 bits per heavy atom. The van der Waals surface area contributed by atoms with Crippen LogP contribution in [0.5, 0.6) is 0 Å². The zero-order valence-electron chi connectivity index (χ0n) is 15.0. The largest absolute Gasteiger partial charge is 0.452 e. The number of esters is 1. The summed E-state index contributed by atoms with van der Waals surface area (Å²) in [7, 11) is 0. The Balaban J connectivity index is 1.49. The lowest BCUT2D eigenvalue weighted by Crippen LogP contribution is -2.35. The summed E-state index contributed by atoms with van der Waals surface area (Å²) < 4.78 is 5.34. The summed E-state index contributed by atoms with van der Waals surface area (Å²) in [5.74, 6) is -0.697. The number of carbonyl (C=O) groups excluding carboxylic acids is 2. The van der Waals surface area contributed by atoms with Crippen LogP contribution in [0.3, 0.4) is 0 Å². The molecule has 5 nitrogen and oxygen atoms in total. The Bertz CT molecular complexity index is 998. The maximum atomic E-state index is 12.8. The number of para-hydroxylation sites is 2. The van der Waals surface area contributed by atoms with Crippen molar-refractivity contribution in [1.82, 2.24) is 4.98 Å². The summed E-state index contributed by atoms with van der Waals surface area (Å²) in [6.45, 7) is 2.51. The minimum atomic E-state index is -0.494. The molecule has 2 heterocycles. The molecule has 0 radical (unpaired) electrons. The van der Waals surface area contributed by atoms with Gasteiger partial charge in [-0.15, -0.1) is 11.8 Å². The number of anilines is 1. The first-order valence-corrected chi connectivity index (χ1v) is 9.81. The predicted octanol–water partition coefficient (Wildman–Crippen LogP) is 4.24. The molecule has 4 rings (SSSR count). The molecule has 2 aromatic carbocycles. The smallest absolute Gasteiger partial charge is 0.340 e. The number of amides is 1. The van der Waals surface area contributed by atoms with Crippen LogP contribution >= 0.6 is 11.8 Å². The number of benzene rings is 2. The fourth-order valence-corrected chi connectivity index (χ4v) is 4.38. The first-order chi connectivity index (χ1) is 13.1. The summed E-state index contributed by atoms with van der Waals surface area (Å²) >= 11 is 1.77. The highest BCUT2D eigenvalue weighted by molar-refractivity contribution is 8.00. The summed E-state index contributed by atoms with van der Waals surface area (Å²) in [6.07, 6.45) is 2.51. The third kappa shape index (κ3) is 3.57. The lowest BCUT2D eigenvalue weighted by atomic mass is 10.2. The molecule has 138 valence electrons. The number of ether oxygens (including phenoxy) is 1. The van der Waals surface area contributed by atoms with Crippen LogP contribution in [0.2, 0.25) is 0 Å². The second kappa shape index (κ2) is 7.48. The van der Waals surface area contributed by atoms with Gasteiger partial charge >= 0.3 is 5.97 Å². The van der Waals surface area contributed by atoms with Crippen LogP contribution < -0.4 is 4.90 Å². The molecule has 1 aliphatic rings. The molecule has 27 heavy (non-hydrogen) atoms. The molecule has 1 atom stereocenters. The van der Waals surface area contributed by atoms with E-state index < -0.39 is 5.97 Å². The zero-order chi connectivity index (χ0) is 18.8. The summed E-state index contributed by atoms with van der Waals surface area (Å²) in [4.78, 5) is 31.1. The van der Waals surface area contributed by atoms with Gasteiger partial charge < -0.3 is 14.6 Å². The number of carbonyl (C=O) groups is 2. The molecule has 0 aliphatic carbocycles. The van der Waals surface area contributed by atoms with Gasteiger partial charge in [0.2, 0.25) is 0 Å². The van der Waals surface area contributed by atoms with Crippen LogP contribution in [-0.4, -0.2) is 35.3 Å². The first-order valence-electron chi connectivity index (χ1n) is 8.93. The van der Waals surface area contributed by atoms with Gasteiger partial charge in [0.15, 0.2) is 6.61 Å². The minimum Gasteiger partial charge on any atom is -0.452 e. The van der Waals surface area contributed by atoms with E-state index in [9.17, 15) is 9.59 Å². The molecule has 1 aliphatic heterocycles. The number of fused-ring (bicyclic) bond motifs is 2. The molecular weight excluding hydrogens is 360 g/mol. The van der Waals surface area contributed by atoms with Gasteiger partial charge in [0, 0.05) is 33.8 Å². The van der Waals surface area contributed by atoms with E-state index in [0.29, 0.717) is 17.4 Å². The standard InChI is InChI=1S/C21H20N2O3S/c1-14-10-11-23(18-8-4-5-9-19(18)27-14)20(24)13-26-21(25)16-12-22-17-7-3-2-6-15(16)17/h2-9,12,14,22H,10-11,13H2,1H3/t14-/m0/s1. The normalized spacial score (nSPS) is 16.6. The predicted molar refractivity (Wildman–Crippen MR) is 107 cm³/mol. The zero-order valence-corrected chi connectivity index (χ0v) is 15.8. The van der Waals surface area contributed by atoms with Crippen LogP contribution in [-0.2, 0) is 9.53 Å². The summed E-state index contributed by atoms with van der Waals surface area (Å²) in [5, 5.41) is 1.22. The van der Waals surface area contributed by atoms with Crippen molar-refractivity contribution in [3.8, 4) is 0 Å². The van der Waals surface area contributed by atoms with Gasteiger partial charge in [0.05, 0.1) is 11.3 Å². The molecule has 0 saturated carbocycles. The van der Waals surface area contributed by atoms with Gasteiger partial charge in [-0.1, -0.05) is 37.3 Å². The van der Waals surface area contributed by atoms with Gasteiger partial charge in [-0.25, -0.2) is 4.79 Å². The van der Waals surface area contributed by atoms with Gasteiger partial charge in [0.1, 0.15) is 0 Å². The van der Waals surface area contributed by atoms with E-state index in [2.05, 4.69) is 11.9 Å². The highest BCUT2D eigenvalue weighted by Crippen LogP contribution is 2.37. The molecule has 0 fully saturated rings. The number of aromatic amines is 1. The average molecular weight is 380 g/mol. The number of hydrogen-bond acceptors (Lipinski definition) is 4. The Labute approximate surface area is 161 Å². The van der Waals surface area contributed by atoms with Crippen molar-refractivity contribution in [2.45, 2.75) is 23.5 Å². The van der Waals surface area contributed by atoms with Gasteiger partial charge in [-0.05, 0) is 24.6 Å². The third-order valence-corrected chi connectivity index (χ3v) is 5.92. The first kappa shape index (κ1) is 17.7. The van der Waals surface area contributed by atoms with E-state index in [1.165, 1.54) is 0 Å². The van der Waals surface area contributed by atoms with Crippen molar-refractivity contribution in [1.29, 1.82) is 0 Å². The molecule has 0 unspecified atom stereocenters. The number of thioether (sulfide) groups is 1. The highest BCUT2D eigenvalue weighted by atomic mass is 32.2. The Hall–Kier alpha value is -2.73. The van der Waals surface area contributed by atoms with Gasteiger partial charge in [-0.3, -0.25) is 4.79 Å². The van der Waals surface area contributed by atoms with Gasteiger partial charge in [-0.2, -0.15) is 0 Å². The molecule has 6 heteroatoms. The topological polar surface area (TPSA) is 62.4 Å². The lowest BCUT2D eigenvalue weighted by molar-refractivity contribution is -0.121. The van der Waals surface area contributed by atoms with Crippen molar-refractivity contribution >= 4 is 40.2 Å². The van der Waals surface area contributed by atoms with Crippen LogP contribution in [0, 0.1) is 0 Å². The van der Waals surface area contributed by atoms with E-state index in [1.807, 2.05) is 48.5 Å². The summed E-state index contributed by atoms with van der Waals surface area (Å²) in [6, 6.07) is 15.4. The fourth-order valence-electron chi connectivity index (χ4n) is 3.27. The quantitative estimate of drug-likeness (QED) is 0.690. The Morgan fingerprint density at radius 1 is 1.19 bits per heavy atom. The fraction of sp³-hybridized carbons (Fsp3) is 0.238. The second-order valence-corrected chi connectivity index (χ2v) is 8.03. The number of H-pyrrole nitrogens is 1. The van der Waals surface area contributed by atoms with E-state index in [0.717, 1.165) is 27.9 Å². The molecule has 0 bridgehead atoms. The SMILES string of the molecule is C[C@H]1CCN(C(=O)COC(=O)c2c[nH]c3ccccc23)c2ccccc2S1. The highest BCUT2D eigenvalue weighted by Gasteiger charge is 2.25. The third-order valence-electron chi connectivity index (χ3n) is 4.68. The summed E-state index contributed by atoms with van der Waals surface area (Å²) in [5.41, 5.74) is 2.20. The lowest BCUT2D eigenvalue weighted by Gasteiger charge is -2.22. The van der Waals surface area contributed by atoms with E-state index in [-0.39, 0.29) is 12.5 Å². The molecule has 0 saturated heterocycles. The monoisotopic (exact) mass is 380 g/mol. The van der Waals surface area contributed by atoms with Crippen molar-refractivity contribution < 1.29 is 14.3 Å². The number of aromatic nitrogens is 1. The van der Waals surface area contributed by atoms with Crippen LogP contribution in [0.4, 0.5) is 5.69 Å². The maximum Gasteiger partial charge on any atom is 0.340 e. The average Bonchev–Trinajstić information content (AvgIpc) is 3.03. The minimum absolute atomic E-state index is 0.203. The maximum absolute atomic E-state index is 12.8. The van der Waals surface area contributed by atoms with Gasteiger partial charge in [0.25, 0.3) is 5.91 Å².